The number of oxazole rings is 1. The van der Waals surface area contributed by atoms with Gasteiger partial charge in [-0.3, -0.25) is 9.55 Å². The van der Waals surface area contributed by atoms with E-state index in [1.807, 2.05) is 41.1 Å². The van der Waals surface area contributed by atoms with Gasteiger partial charge in [-0.1, -0.05) is 30.3 Å². The Labute approximate surface area is 157 Å². The highest BCUT2D eigenvalue weighted by Crippen LogP contribution is 2.38. The molecule has 0 unspecified atom stereocenters. The molecule has 0 atom stereocenters. The van der Waals surface area contributed by atoms with Gasteiger partial charge in [0.05, 0.1) is 11.0 Å². The van der Waals surface area contributed by atoms with Crippen LogP contribution in [0.15, 0.2) is 70.0 Å². The molecule has 1 aliphatic carbocycles. The fraction of sp³-hybridized carbons (Fsp3) is 0.304. The van der Waals surface area contributed by atoms with Crippen LogP contribution in [0.3, 0.4) is 0 Å². The third-order valence-corrected chi connectivity index (χ3v) is 5.98. The second-order valence-electron chi connectivity index (χ2n) is 7.58. The number of hydrogen-bond donors (Lipinski definition) is 0. The number of fused-ring (bicyclic) bond motifs is 2. The fourth-order valence-corrected chi connectivity index (χ4v) is 4.58. The van der Waals surface area contributed by atoms with Crippen molar-refractivity contribution >= 4 is 22.0 Å². The van der Waals surface area contributed by atoms with Crippen molar-refractivity contribution in [2.24, 2.45) is 5.92 Å². The molecule has 1 aliphatic rings. The van der Waals surface area contributed by atoms with Crippen LogP contribution in [0.1, 0.15) is 37.2 Å². The van der Waals surface area contributed by atoms with Crippen molar-refractivity contribution in [2.75, 3.05) is 0 Å². The molecule has 1 fully saturated rings. The van der Waals surface area contributed by atoms with Crippen LogP contribution in [0, 0.1) is 5.92 Å². The summed E-state index contributed by atoms with van der Waals surface area (Å²) in [4.78, 5) is 16.7. The van der Waals surface area contributed by atoms with Gasteiger partial charge >= 0.3 is 5.76 Å². The standard InChI is InChI=1S/C23H22N2O2/c26-23-25(21-7-3-4-8-22(21)27-23)15-16-9-11-17(12-10-16)18-13-14-24-20-6-2-1-5-19(18)20/h1-8,13-14,16-17H,9-12,15H2. The van der Waals surface area contributed by atoms with E-state index >= 15 is 0 Å². The summed E-state index contributed by atoms with van der Waals surface area (Å²) in [6, 6.07) is 18.3. The minimum absolute atomic E-state index is 0.238. The van der Waals surface area contributed by atoms with Gasteiger partial charge in [0.15, 0.2) is 5.58 Å². The first-order valence-corrected chi connectivity index (χ1v) is 9.71. The van der Waals surface area contributed by atoms with Crippen LogP contribution < -0.4 is 5.76 Å². The lowest BCUT2D eigenvalue weighted by Crippen LogP contribution is -2.23. The highest BCUT2D eigenvalue weighted by Gasteiger charge is 2.25. The van der Waals surface area contributed by atoms with Crippen molar-refractivity contribution in [3.63, 3.8) is 0 Å². The maximum absolute atomic E-state index is 12.2. The quantitative estimate of drug-likeness (QED) is 0.511. The summed E-state index contributed by atoms with van der Waals surface area (Å²) in [5, 5.41) is 1.28. The molecule has 4 nitrogen and oxygen atoms in total. The Morgan fingerprint density at radius 2 is 1.74 bits per heavy atom. The van der Waals surface area contributed by atoms with Crippen LogP contribution in [0.2, 0.25) is 0 Å². The van der Waals surface area contributed by atoms with Gasteiger partial charge in [-0.2, -0.15) is 0 Å². The smallest absolute Gasteiger partial charge is 0.408 e. The Bertz CT molecular complexity index is 1140. The second-order valence-corrected chi connectivity index (χ2v) is 7.58. The Hall–Kier alpha value is -2.88. The third kappa shape index (κ3) is 2.95. The van der Waals surface area contributed by atoms with Gasteiger partial charge in [-0.05, 0) is 67.3 Å². The second kappa shape index (κ2) is 6.69. The van der Waals surface area contributed by atoms with E-state index < -0.39 is 0 Å². The molecular formula is C23H22N2O2. The van der Waals surface area contributed by atoms with E-state index in [2.05, 4.69) is 29.2 Å². The van der Waals surface area contributed by atoms with Crippen LogP contribution >= 0.6 is 0 Å². The zero-order chi connectivity index (χ0) is 18.2. The first kappa shape index (κ1) is 16.3. The van der Waals surface area contributed by atoms with Crippen molar-refractivity contribution in [3.05, 3.63) is 76.9 Å². The number of benzene rings is 2. The molecular weight excluding hydrogens is 336 g/mol. The maximum atomic E-state index is 12.2. The Balaban J connectivity index is 1.34. The summed E-state index contributed by atoms with van der Waals surface area (Å²) in [5.74, 6) is 0.860. The van der Waals surface area contributed by atoms with Gasteiger partial charge in [-0.15, -0.1) is 0 Å². The van der Waals surface area contributed by atoms with Crippen molar-refractivity contribution in [1.29, 1.82) is 0 Å². The first-order valence-electron chi connectivity index (χ1n) is 9.71. The molecule has 0 N–H and O–H groups in total. The number of hydrogen-bond acceptors (Lipinski definition) is 3. The van der Waals surface area contributed by atoms with Crippen molar-refractivity contribution in [1.82, 2.24) is 9.55 Å². The van der Waals surface area contributed by atoms with Crippen LogP contribution in [0.25, 0.3) is 22.0 Å². The van der Waals surface area contributed by atoms with E-state index in [0.29, 0.717) is 17.4 Å². The molecule has 1 saturated carbocycles. The third-order valence-electron chi connectivity index (χ3n) is 5.98. The Kier molecular flexibility index (Phi) is 4.04. The summed E-state index contributed by atoms with van der Waals surface area (Å²) in [5.41, 5.74) is 4.09. The van der Waals surface area contributed by atoms with Crippen molar-refractivity contribution in [3.8, 4) is 0 Å². The monoisotopic (exact) mass is 358 g/mol. The van der Waals surface area contributed by atoms with Crippen molar-refractivity contribution < 1.29 is 4.42 Å². The number of nitrogens with zero attached hydrogens (tertiary/aromatic N) is 2. The summed E-state index contributed by atoms with van der Waals surface area (Å²) in [6.45, 7) is 0.750. The van der Waals surface area contributed by atoms with E-state index in [1.165, 1.54) is 10.9 Å². The summed E-state index contributed by atoms with van der Waals surface area (Å²) >= 11 is 0. The summed E-state index contributed by atoms with van der Waals surface area (Å²) in [7, 11) is 0. The fourth-order valence-electron chi connectivity index (χ4n) is 4.58. The van der Waals surface area contributed by atoms with Crippen LogP contribution in [0.5, 0.6) is 0 Å². The number of pyridine rings is 1. The van der Waals surface area contributed by atoms with Crippen LogP contribution in [0.4, 0.5) is 0 Å². The zero-order valence-corrected chi connectivity index (χ0v) is 15.2. The number of para-hydroxylation sites is 3. The van der Waals surface area contributed by atoms with E-state index in [4.69, 9.17) is 4.42 Å². The largest absolute Gasteiger partial charge is 0.419 e. The van der Waals surface area contributed by atoms with Crippen LogP contribution in [-0.4, -0.2) is 9.55 Å². The van der Waals surface area contributed by atoms with Crippen molar-refractivity contribution in [2.45, 2.75) is 38.1 Å². The van der Waals surface area contributed by atoms with Gasteiger partial charge < -0.3 is 4.42 Å². The molecule has 27 heavy (non-hydrogen) atoms. The van der Waals surface area contributed by atoms with E-state index in [1.54, 1.807) is 0 Å². The first-order chi connectivity index (χ1) is 13.3. The lowest BCUT2D eigenvalue weighted by Gasteiger charge is -2.29. The van der Waals surface area contributed by atoms with Crippen LogP contribution in [-0.2, 0) is 6.54 Å². The summed E-state index contributed by atoms with van der Waals surface area (Å²) < 4.78 is 7.19. The molecule has 136 valence electrons. The Morgan fingerprint density at radius 1 is 0.963 bits per heavy atom. The molecule has 5 rings (SSSR count). The highest BCUT2D eigenvalue weighted by atomic mass is 16.4. The molecule has 0 saturated heterocycles. The van der Waals surface area contributed by atoms with E-state index in [0.717, 1.165) is 43.3 Å². The summed E-state index contributed by atoms with van der Waals surface area (Å²) in [6.07, 6.45) is 6.51. The minimum Gasteiger partial charge on any atom is -0.408 e. The zero-order valence-electron chi connectivity index (χ0n) is 15.2. The van der Waals surface area contributed by atoms with Gasteiger partial charge in [0.25, 0.3) is 0 Å². The lowest BCUT2D eigenvalue weighted by molar-refractivity contribution is 0.289. The molecule has 2 heterocycles. The van der Waals surface area contributed by atoms with Gasteiger partial charge in [0, 0.05) is 18.1 Å². The number of rotatable bonds is 3. The molecule has 2 aromatic heterocycles. The SMILES string of the molecule is O=c1oc2ccccc2n1CC1CCC(c2ccnc3ccccc23)CC1. The average Bonchev–Trinajstić information content (AvgIpc) is 3.03. The molecule has 2 aromatic carbocycles. The van der Waals surface area contributed by atoms with Gasteiger partial charge in [0.2, 0.25) is 0 Å². The van der Waals surface area contributed by atoms with Gasteiger partial charge in [-0.25, -0.2) is 4.79 Å². The van der Waals surface area contributed by atoms with E-state index in [-0.39, 0.29) is 5.76 Å². The molecule has 0 aliphatic heterocycles. The molecule has 0 spiro atoms. The normalized spacial score (nSPS) is 20.3. The lowest BCUT2D eigenvalue weighted by atomic mass is 9.78. The predicted octanol–water partition coefficient (Wildman–Crippen LogP) is 5.12. The minimum atomic E-state index is -0.238. The predicted molar refractivity (Wildman–Crippen MR) is 107 cm³/mol. The topological polar surface area (TPSA) is 48.0 Å². The van der Waals surface area contributed by atoms with E-state index in [9.17, 15) is 4.79 Å². The Morgan fingerprint density at radius 3 is 2.63 bits per heavy atom. The maximum Gasteiger partial charge on any atom is 0.419 e. The molecule has 4 heteroatoms. The molecule has 0 radical (unpaired) electrons. The molecule has 0 bridgehead atoms. The van der Waals surface area contributed by atoms with Gasteiger partial charge in [0.1, 0.15) is 0 Å². The molecule has 0 amide bonds. The number of aromatic nitrogens is 2. The highest BCUT2D eigenvalue weighted by molar-refractivity contribution is 5.82. The average molecular weight is 358 g/mol. The molecule has 4 aromatic rings.